The molecular formula is C21H17N3OS. The Morgan fingerprint density at radius 2 is 1.50 bits per heavy atom. The van der Waals surface area contributed by atoms with Crippen LogP contribution in [0.3, 0.4) is 0 Å². The van der Waals surface area contributed by atoms with Crippen molar-refractivity contribution in [2.75, 3.05) is 6.26 Å². The second-order valence-corrected chi connectivity index (χ2v) is 6.72. The van der Waals surface area contributed by atoms with E-state index in [4.69, 9.17) is 4.98 Å². The quantitative estimate of drug-likeness (QED) is 0.402. The molecule has 0 fully saturated rings. The Bertz CT molecular complexity index is 1140. The molecule has 2 aromatic heterocycles. The van der Waals surface area contributed by atoms with E-state index >= 15 is 0 Å². The molecule has 4 rings (SSSR count). The van der Waals surface area contributed by atoms with Gasteiger partial charge in [-0.1, -0.05) is 72.4 Å². The Morgan fingerprint density at radius 1 is 0.885 bits per heavy atom. The van der Waals surface area contributed by atoms with Crippen LogP contribution in [0.1, 0.15) is 0 Å². The molecule has 4 nitrogen and oxygen atoms in total. The van der Waals surface area contributed by atoms with Gasteiger partial charge < -0.3 is 0 Å². The van der Waals surface area contributed by atoms with Crippen LogP contribution in [0.4, 0.5) is 0 Å². The first-order valence-corrected chi connectivity index (χ1v) is 9.48. The molecule has 0 unspecified atom stereocenters. The van der Waals surface area contributed by atoms with Crippen LogP contribution in [0.25, 0.3) is 33.4 Å². The minimum atomic E-state index is -0.0784. The summed E-state index contributed by atoms with van der Waals surface area (Å²) in [5, 5.41) is 1.20. The van der Waals surface area contributed by atoms with Crippen LogP contribution in [0, 0.1) is 0 Å². The van der Waals surface area contributed by atoms with Gasteiger partial charge in [-0.3, -0.25) is 9.36 Å². The molecule has 2 heterocycles. The standard InChI is InChI=1S/C21H17N3OS/c1-24-20(25)18-16(14-9-5-3-6-10-14)13-17(15-11-7-4-8-12-15)22-19(18)23-21(24)26-2/h3-13H,1-2H3. The third kappa shape index (κ3) is 2.80. The van der Waals surface area contributed by atoms with Crippen molar-refractivity contribution in [1.29, 1.82) is 0 Å². The first-order chi connectivity index (χ1) is 12.7. The van der Waals surface area contributed by atoms with Gasteiger partial charge in [0.05, 0.1) is 11.1 Å². The number of fused-ring (bicyclic) bond motifs is 1. The summed E-state index contributed by atoms with van der Waals surface area (Å²) in [6.07, 6.45) is 1.91. The van der Waals surface area contributed by atoms with Crippen LogP contribution >= 0.6 is 11.8 Å². The van der Waals surface area contributed by atoms with Crippen molar-refractivity contribution in [3.8, 4) is 22.4 Å². The maximum atomic E-state index is 13.0. The molecule has 5 heteroatoms. The highest BCUT2D eigenvalue weighted by atomic mass is 32.2. The lowest BCUT2D eigenvalue weighted by Crippen LogP contribution is -2.21. The Labute approximate surface area is 155 Å². The predicted octanol–water partition coefficient (Wildman–Crippen LogP) is 4.38. The summed E-state index contributed by atoms with van der Waals surface area (Å²) in [6, 6.07) is 21.9. The third-order valence-electron chi connectivity index (χ3n) is 4.34. The minimum Gasteiger partial charge on any atom is -0.290 e. The topological polar surface area (TPSA) is 47.8 Å². The average molecular weight is 359 g/mol. The van der Waals surface area contributed by atoms with Crippen LogP contribution < -0.4 is 5.56 Å². The van der Waals surface area contributed by atoms with Crippen molar-refractivity contribution in [3.05, 3.63) is 77.1 Å². The summed E-state index contributed by atoms with van der Waals surface area (Å²) in [7, 11) is 1.75. The van der Waals surface area contributed by atoms with E-state index in [1.165, 1.54) is 11.8 Å². The van der Waals surface area contributed by atoms with Crippen molar-refractivity contribution >= 4 is 22.8 Å². The van der Waals surface area contributed by atoms with Crippen LogP contribution in [0.5, 0.6) is 0 Å². The lowest BCUT2D eigenvalue weighted by atomic mass is 10.0. The Kier molecular flexibility index (Phi) is 4.31. The Balaban J connectivity index is 2.12. The zero-order chi connectivity index (χ0) is 18.1. The summed E-state index contributed by atoms with van der Waals surface area (Å²) in [6.45, 7) is 0. The predicted molar refractivity (Wildman–Crippen MR) is 107 cm³/mol. The van der Waals surface area contributed by atoms with E-state index in [-0.39, 0.29) is 5.56 Å². The van der Waals surface area contributed by atoms with Crippen LogP contribution in [0.15, 0.2) is 76.7 Å². The highest BCUT2D eigenvalue weighted by Crippen LogP contribution is 2.30. The van der Waals surface area contributed by atoms with Gasteiger partial charge in [0.1, 0.15) is 0 Å². The van der Waals surface area contributed by atoms with E-state index in [1.54, 1.807) is 11.6 Å². The zero-order valence-electron chi connectivity index (χ0n) is 14.5. The van der Waals surface area contributed by atoms with E-state index in [9.17, 15) is 4.79 Å². The molecule has 0 aliphatic heterocycles. The van der Waals surface area contributed by atoms with Crippen LogP contribution in [-0.4, -0.2) is 20.8 Å². The van der Waals surface area contributed by atoms with Gasteiger partial charge >= 0.3 is 0 Å². The van der Waals surface area contributed by atoms with E-state index in [0.717, 1.165) is 22.4 Å². The molecule has 2 aromatic carbocycles. The molecular weight excluding hydrogens is 342 g/mol. The minimum absolute atomic E-state index is 0.0784. The highest BCUT2D eigenvalue weighted by Gasteiger charge is 2.16. The number of pyridine rings is 1. The maximum Gasteiger partial charge on any atom is 0.264 e. The lowest BCUT2D eigenvalue weighted by molar-refractivity contribution is 0.725. The third-order valence-corrected chi connectivity index (χ3v) is 5.07. The number of nitrogens with zero attached hydrogens (tertiary/aromatic N) is 3. The number of thioether (sulfide) groups is 1. The number of hydrogen-bond donors (Lipinski definition) is 0. The van der Waals surface area contributed by atoms with Crippen molar-refractivity contribution in [2.24, 2.45) is 7.05 Å². The fourth-order valence-electron chi connectivity index (χ4n) is 3.03. The van der Waals surface area contributed by atoms with E-state index in [1.807, 2.05) is 73.0 Å². The van der Waals surface area contributed by atoms with Crippen LogP contribution in [0.2, 0.25) is 0 Å². The molecule has 0 bridgehead atoms. The summed E-state index contributed by atoms with van der Waals surface area (Å²) in [4.78, 5) is 22.4. The fourth-order valence-corrected chi connectivity index (χ4v) is 3.56. The Morgan fingerprint density at radius 3 is 2.12 bits per heavy atom. The highest BCUT2D eigenvalue weighted by molar-refractivity contribution is 7.98. The molecule has 4 aromatic rings. The molecule has 0 N–H and O–H groups in total. The van der Waals surface area contributed by atoms with Crippen molar-refractivity contribution < 1.29 is 0 Å². The van der Waals surface area contributed by atoms with E-state index in [0.29, 0.717) is 16.2 Å². The first kappa shape index (κ1) is 16.5. The van der Waals surface area contributed by atoms with Crippen molar-refractivity contribution in [1.82, 2.24) is 14.5 Å². The second kappa shape index (κ2) is 6.77. The number of aromatic nitrogens is 3. The van der Waals surface area contributed by atoms with Gasteiger partial charge in [-0.25, -0.2) is 9.97 Å². The van der Waals surface area contributed by atoms with Gasteiger partial charge in [-0.2, -0.15) is 0 Å². The van der Waals surface area contributed by atoms with E-state index < -0.39 is 0 Å². The van der Waals surface area contributed by atoms with Gasteiger partial charge in [0.25, 0.3) is 5.56 Å². The van der Waals surface area contributed by atoms with Gasteiger partial charge in [-0.05, 0) is 17.9 Å². The summed E-state index contributed by atoms with van der Waals surface area (Å²) >= 11 is 1.44. The molecule has 26 heavy (non-hydrogen) atoms. The SMILES string of the molecule is CSc1nc2nc(-c3ccccc3)cc(-c3ccccc3)c2c(=O)n1C. The lowest BCUT2D eigenvalue weighted by Gasteiger charge is -2.12. The summed E-state index contributed by atoms with van der Waals surface area (Å²) in [5.74, 6) is 0. The molecule has 0 saturated heterocycles. The number of benzene rings is 2. The number of rotatable bonds is 3. The summed E-state index contributed by atoms with van der Waals surface area (Å²) < 4.78 is 1.59. The number of hydrogen-bond acceptors (Lipinski definition) is 4. The fraction of sp³-hybridized carbons (Fsp3) is 0.0952. The molecule has 128 valence electrons. The van der Waals surface area contributed by atoms with Gasteiger partial charge in [0, 0.05) is 18.2 Å². The van der Waals surface area contributed by atoms with Crippen molar-refractivity contribution in [2.45, 2.75) is 5.16 Å². The molecule has 0 atom stereocenters. The largest absolute Gasteiger partial charge is 0.290 e. The maximum absolute atomic E-state index is 13.0. The van der Waals surface area contributed by atoms with Crippen LogP contribution in [-0.2, 0) is 7.05 Å². The molecule has 0 saturated carbocycles. The molecule has 0 aliphatic rings. The first-order valence-electron chi connectivity index (χ1n) is 8.25. The molecule has 0 amide bonds. The normalized spacial score (nSPS) is 11.0. The summed E-state index contributed by atoms with van der Waals surface area (Å²) in [5.41, 5.74) is 4.05. The smallest absolute Gasteiger partial charge is 0.264 e. The van der Waals surface area contributed by atoms with Crippen molar-refractivity contribution in [3.63, 3.8) is 0 Å². The van der Waals surface area contributed by atoms with Gasteiger partial charge in [-0.15, -0.1) is 0 Å². The molecule has 0 aliphatic carbocycles. The van der Waals surface area contributed by atoms with E-state index in [2.05, 4.69) is 4.98 Å². The molecule has 0 radical (unpaired) electrons. The monoisotopic (exact) mass is 359 g/mol. The van der Waals surface area contributed by atoms with Gasteiger partial charge in [0.2, 0.25) is 0 Å². The second-order valence-electron chi connectivity index (χ2n) is 5.95. The Hall–Kier alpha value is -2.92. The zero-order valence-corrected chi connectivity index (χ0v) is 15.3. The molecule has 0 spiro atoms. The van der Waals surface area contributed by atoms with Gasteiger partial charge in [0.15, 0.2) is 10.8 Å². The average Bonchev–Trinajstić information content (AvgIpc) is 2.71.